The van der Waals surface area contributed by atoms with Crippen LogP contribution in [0.1, 0.15) is 26.3 Å². The summed E-state index contributed by atoms with van der Waals surface area (Å²) in [6.45, 7) is 4.85. The number of hydrogen-bond acceptors (Lipinski definition) is 6. The molecule has 11 heteroatoms. The maximum absolute atomic E-state index is 13.6. The van der Waals surface area contributed by atoms with Gasteiger partial charge in [0, 0.05) is 23.1 Å². The molecule has 0 spiro atoms. The number of rotatable bonds is 11. The van der Waals surface area contributed by atoms with Gasteiger partial charge in [-0.05, 0) is 50.6 Å². The Bertz CT molecular complexity index is 1140. The van der Waals surface area contributed by atoms with Crippen LogP contribution in [0.4, 0.5) is 5.69 Å². The van der Waals surface area contributed by atoms with Gasteiger partial charge < -0.3 is 19.7 Å². The van der Waals surface area contributed by atoms with Crippen molar-refractivity contribution in [1.29, 1.82) is 0 Å². The minimum absolute atomic E-state index is 0.117. The maximum atomic E-state index is 13.6. The van der Waals surface area contributed by atoms with Crippen LogP contribution in [0, 0.1) is 0 Å². The quantitative estimate of drug-likeness (QED) is 0.445. The van der Waals surface area contributed by atoms with E-state index in [0.29, 0.717) is 5.75 Å². The lowest BCUT2D eigenvalue weighted by Gasteiger charge is -2.32. The van der Waals surface area contributed by atoms with Crippen molar-refractivity contribution >= 4 is 43.5 Å². The molecule has 2 aromatic rings. The zero-order valence-corrected chi connectivity index (χ0v) is 23.1. The van der Waals surface area contributed by atoms with Gasteiger partial charge in [-0.3, -0.25) is 13.9 Å². The number of sulfonamides is 1. The first-order valence-corrected chi connectivity index (χ1v) is 13.6. The van der Waals surface area contributed by atoms with Gasteiger partial charge in [-0.15, -0.1) is 0 Å². The number of benzene rings is 2. The van der Waals surface area contributed by atoms with Crippen LogP contribution in [0.3, 0.4) is 0 Å². The molecule has 0 aliphatic heterocycles. The summed E-state index contributed by atoms with van der Waals surface area (Å²) in [5, 5.41) is 2.81. The summed E-state index contributed by atoms with van der Waals surface area (Å²) in [5.74, 6) is -0.225. The summed E-state index contributed by atoms with van der Waals surface area (Å²) in [5.41, 5.74) is 0.946. The second-order valence-corrected chi connectivity index (χ2v) is 11.1. The van der Waals surface area contributed by atoms with Crippen LogP contribution in [0.5, 0.6) is 11.5 Å². The Hall–Kier alpha value is -2.79. The molecule has 0 aliphatic carbocycles. The lowest BCUT2D eigenvalue weighted by molar-refractivity contribution is -0.139. The number of carbonyl (C=O) groups is 2. The Balaban J connectivity index is 2.47. The molecule has 9 nitrogen and oxygen atoms in total. The summed E-state index contributed by atoms with van der Waals surface area (Å²) in [4.78, 5) is 27.8. The first-order chi connectivity index (χ1) is 16.4. The third-order valence-corrected chi connectivity index (χ3v) is 6.85. The van der Waals surface area contributed by atoms with Gasteiger partial charge in [0.05, 0.1) is 26.2 Å². The molecule has 0 saturated carbocycles. The monoisotopic (exact) mass is 569 g/mol. The Morgan fingerprint density at radius 1 is 1.03 bits per heavy atom. The normalized spacial score (nSPS) is 12.1. The van der Waals surface area contributed by atoms with Crippen molar-refractivity contribution in [1.82, 2.24) is 10.2 Å². The molecular formula is C24H32BrN3O6S. The average Bonchev–Trinajstić information content (AvgIpc) is 2.79. The SMILES string of the molecule is COc1ccc(OC)c(N(CC(=O)N(Cc2ccc(Br)cc2)C(C)C(=O)NC(C)C)S(C)(=O)=O)c1. The molecule has 0 saturated heterocycles. The van der Waals surface area contributed by atoms with E-state index in [1.807, 2.05) is 38.1 Å². The lowest BCUT2D eigenvalue weighted by Crippen LogP contribution is -2.52. The summed E-state index contributed by atoms with van der Waals surface area (Å²) < 4.78 is 38.0. The molecule has 1 atom stereocenters. The van der Waals surface area contributed by atoms with E-state index >= 15 is 0 Å². The first-order valence-electron chi connectivity index (χ1n) is 10.9. The lowest BCUT2D eigenvalue weighted by atomic mass is 10.1. The second-order valence-electron chi connectivity index (χ2n) is 8.29. The van der Waals surface area contributed by atoms with Crippen molar-refractivity contribution in [2.45, 2.75) is 39.4 Å². The van der Waals surface area contributed by atoms with E-state index in [9.17, 15) is 18.0 Å². The number of anilines is 1. The molecule has 2 rings (SSSR count). The molecule has 1 N–H and O–H groups in total. The van der Waals surface area contributed by atoms with Crippen molar-refractivity contribution in [3.8, 4) is 11.5 Å². The summed E-state index contributed by atoms with van der Waals surface area (Å²) in [6.07, 6.45) is 1.01. The third kappa shape index (κ3) is 7.86. The number of methoxy groups -OCH3 is 2. The number of ether oxygens (including phenoxy) is 2. The fraction of sp³-hybridized carbons (Fsp3) is 0.417. The van der Waals surface area contributed by atoms with Crippen molar-refractivity contribution in [2.24, 2.45) is 0 Å². The van der Waals surface area contributed by atoms with Crippen LogP contribution < -0.4 is 19.1 Å². The van der Waals surface area contributed by atoms with E-state index in [2.05, 4.69) is 21.2 Å². The highest BCUT2D eigenvalue weighted by Gasteiger charge is 2.31. The van der Waals surface area contributed by atoms with Crippen LogP contribution in [0.15, 0.2) is 46.9 Å². The maximum Gasteiger partial charge on any atom is 0.244 e. The third-order valence-electron chi connectivity index (χ3n) is 5.20. The highest BCUT2D eigenvalue weighted by atomic mass is 79.9. The van der Waals surface area contributed by atoms with Crippen molar-refractivity contribution in [3.05, 3.63) is 52.5 Å². The number of carbonyl (C=O) groups excluding carboxylic acids is 2. The van der Waals surface area contributed by atoms with Crippen LogP contribution in [-0.2, 0) is 26.2 Å². The van der Waals surface area contributed by atoms with Gasteiger partial charge in [0.1, 0.15) is 24.1 Å². The van der Waals surface area contributed by atoms with E-state index in [1.54, 1.807) is 19.1 Å². The molecular weight excluding hydrogens is 538 g/mol. The first kappa shape index (κ1) is 28.4. The molecule has 35 heavy (non-hydrogen) atoms. The van der Waals surface area contributed by atoms with E-state index in [1.165, 1.54) is 25.2 Å². The topological polar surface area (TPSA) is 105 Å². The van der Waals surface area contributed by atoms with Crippen molar-refractivity contribution < 1.29 is 27.5 Å². The largest absolute Gasteiger partial charge is 0.497 e. The summed E-state index contributed by atoms with van der Waals surface area (Å²) in [6, 6.07) is 11.0. The highest BCUT2D eigenvalue weighted by molar-refractivity contribution is 9.10. The molecule has 2 aromatic carbocycles. The zero-order chi connectivity index (χ0) is 26.3. The van der Waals surface area contributed by atoms with Gasteiger partial charge in [0.2, 0.25) is 21.8 Å². The smallest absolute Gasteiger partial charge is 0.244 e. The molecule has 0 bridgehead atoms. The molecule has 0 aromatic heterocycles. The molecule has 0 radical (unpaired) electrons. The minimum atomic E-state index is -3.90. The highest BCUT2D eigenvalue weighted by Crippen LogP contribution is 2.34. The van der Waals surface area contributed by atoms with Gasteiger partial charge in [0.25, 0.3) is 0 Å². The van der Waals surface area contributed by atoms with Crippen LogP contribution in [-0.4, -0.2) is 64.2 Å². The number of nitrogens with one attached hydrogen (secondary N) is 1. The zero-order valence-electron chi connectivity index (χ0n) is 20.7. The van der Waals surface area contributed by atoms with Gasteiger partial charge in [-0.25, -0.2) is 8.42 Å². The molecule has 2 amide bonds. The second kappa shape index (κ2) is 12.3. The summed E-state index contributed by atoms with van der Waals surface area (Å²) >= 11 is 3.39. The fourth-order valence-corrected chi connectivity index (χ4v) is 4.47. The Morgan fingerprint density at radius 3 is 2.17 bits per heavy atom. The van der Waals surface area contributed by atoms with E-state index in [-0.39, 0.29) is 29.9 Å². The van der Waals surface area contributed by atoms with Crippen LogP contribution in [0.2, 0.25) is 0 Å². The number of halogens is 1. The van der Waals surface area contributed by atoms with Crippen LogP contribution in [0.25, 0.3) is 0 Å². The average molecular weight is 571 g/mol. The number of nitrogens with zero attached hydrogens (tertiary/aromatic N) is 2. The predicted molar refractivity (Wildman–Crippen MR) is 139 cm³/mol. The molecule has 0 fully saturated rings. The molecule has 192 valence electrons. The molecule has 0 heterocycles. The van der Waals surface area contributed by atoms with E-state index in [4.69, 9.17) is 9.47 Å². The fourth-order valence-electron chi connectivity index (χ4n) is 3.36. The standard InChI is InChI=1S/C24H32BrN3O6S/c1-16(2)26-24(30)17(3)27(14-18-7-9-19(25)10-8-18)23(29)15-28(35(6,31)32)21-13-20(33-4)11-12-22(21)34-5/h7-13,16-17H,14-15H2,1-6H3,(H,26,30). The van der Waals surface area contributed by atoms with Gasteiger partial charge in [0.15, 0.2) is 0 Å². The molecule has 1 unspecified atom stereocenters. The predicted octanol–water partition coefficient (Wildman–Crippen LogP) is 3.17. The summed E-state index contributed by atoms with van der Waals surface area (Å²) in [7, 11) is -1.04. The number of amides is 2. The van der Waals surface area contributed by atoms with E-state index < -0.39 is 28.5 Å². The Kier molecular flexibility index (Phi) is 9.96. The van der Waals surface area contributed by atoms with Crippen molar-refractivity contribution in [3.63, 3.8) is 0 Å². The van der Waals surface area contributed by atoms with Gasteiger partial charge >= 0.3 is 0 Å². The Morgan fingerprint density at radius 2 is 1.66 bits per heavy atom. The van der Waals surface area contributed by atoms with Crippen molar-refractivity contribution in [2.75, 3.05) is 31.3 Å². The molecule has 0 aliphatic rings. The van der Waals surface area contributed by atoms with Gasteiger partial charge in [-0.2, -0.15) is 0 Å². The van der Waals surface area contributed by atoms with Crippen LogP contribution >= 0.6 is 15.9 Å². The van der Waals surface area contributed by atoms with Gasteiger partial charge in [-0.1, -0.05) is 28.1 Å². The van der Waals surface area contributed by atoms with E-state index in [0.717, 1.165) is 20.6 Å². The minimum Gasteiger partial charge on any atom is -0.497 e. The number of hydrogen-bond donors (Lipinski definition) is 1. The Labute approximate surface area is 215 Å².